The minimum atomic E-state index is -4.54. The number of amides is 1. The van der Waals surface area contributed by atoms with Gasteiger partial charge in [-0.2, -0.15) is 13.2 Å². The van der Waals surface area contributed by atoms with Gasteiger partial charge < -0.3 is 14.1 Å². The van der Waals surface area contributed by atoms with Crippen molar-refractivity contribution < 1.29 is 27.1 Å². The summed E-state index contributed by atoms with van der Waals surface area (Å²) >= 11 is 12.1. The molecule has 0 aliphatic heterocycles. The summed E-state index contributed by atoms with van der Waals surface area (Å²) in [5, 5.41) is 8.17. The van der Waals surface area contributed by atoms with E-state index in [0.717, 1.165) is 6.20 Å². The molecule has 0 aliphatic rings. The van der Waals surface area contributed by atoms with Gasteiger partial charge in [-0.1, -0.05) is 35.3 Å². The molecule has 32 heavy (non-hydrogen) atoms. The minimum Gasteiger partial charge on any atom is -0.467 e. The molecule has 12 heteroatoms. The van der Waals surface area contributed by atoms with E-state index in [1.54, 1.807) is 38.1 Å². The van der Waals surface area contributed by atoms with Gasteiger partial charge in [-0.25, -0.2) is 4.98 Å². The lowest BCUT2D eigenvalue weighted by atomic mass is 10.2. The van der Waals surface area contributed by atoms with Crippen LogP contribution in [-0.4, -0.2) is 44.8 Å². The number of carbonyl (C=O) groups excluding carboxylic acids is 1. The quantitative estimate of drug-likeness (QED) is 0.440. The second kappa shape index (κ2) is 9.74. The number of hydrogen-bond acceptors (Lipinski definition) is 6. The van der Waals surface area contributed by atoms with Crippen molar-refractivity contribution in [2.75, 3.05) is 6.61 Å². The molecule has 3 aromatic rings. The van der Waals surface area contributed by atoms with Crippen LogP contribution >= 0.6 is 23.2 Å². The van der Waals surface area contributed by atoms with Crippen LogP contribution in [0.3, 0.4) is 0 Å². The maximum atomic E-state index is 13.0. The van der Waals surface area contributed by atoms with E-state index in [9.17, 15) is 18.0 Å². The Labute approximate surface area is 191 Å². The molecule has 0 fully saturated rings. The van der Waals surface area contributed by atoms with Gasteiger partial charge in [0.25, 0.3) is 5.91 Å². The number of pyridine rings is 1. The van der Waals surface area contributed by atoms with E-state index in [2.05, 4.69) is 19.9 Å². The number of aromatic nitrogens is 3. The Morgan fingerprint density at radius 3 is 2.53 bits per heavy atom. The first kappa shape index (κ1) is 23.8. The second-order valence-corrected chi connectivity index (χ2v) is 7.74. The first-order valence-electron chi connectivity index (χ1n) is 9.28. The van der Waals surface area contributed by atoms with Crippen molar-refractivity contribution in [3.8, 4) is 17.3 Å². The molecule has 2 heterocycles. The molecule has 3 rings (SSSR count). The maximum Gasteiger partial charge on any atom is 0.422 e. The maximum absolute atomic E-state index is 13.0. The molecule has 1 aromatic carbocycles. The summed E-state index contributed by atoms with van der Waals surface area (Å²) in [7, 11) is 0. The smallest absolute Gasteiger partial charge is 0.422 e. The van der Waals surface area contributed by atoms with Crippen LogP contribution in [-0.2, 0) is 6.54 Å². The highest BCUT2D eigenvalue weighted by molar-refractivity contribution is 6.33. The molecule has 0 saturated carbocycles. The van der Waals surface area contributed by atoms with E-state index >= 15 is 0 Å². The second-order valence-electron chi connectivity index (χ2n) is 6.92. The zero-order valence-electron chi connectivity index (χ0n) is 16.9. The Kier molecular flexibility index (Phi) is 7.25. The van der Waals surface area contributed by atoms with Crippen molar-refractivity contribution in [2.24, 2.45) is 0 Å². The molecule has 2 aromatic heterocycles. The Morgan fingerprint density at radius 2 is 1.91 bits per heavy atom. The van der Waals surface area contributed by atoms with Crippen LogP contribution in [0.2, 0.25) is 10.0 Å². The normalized spacial score (nSPS) is 11.6. The Hall–Kier alpha value is -2.85. The van der Waals surface area contributed by atoms with Gasteiger partial charge in [-0.15, -0.1) is 10.2 Å². The van der Waals surface area contributed by atoms with Crippen molar-refractivity contribution in [3.05, 3.63) is 58.0 Å². The van der Waals surface area contributed by atoms with E-state index in [1.807, 2.05) is 0 Å². The summed E-state index contributed by atoms with van der Waals surface area (Å²) in [6.45, 7) is 1.99. The van der Waals surface area contributed by atoms with Crippen molar-refractivity contribution in [2.45, 2.75) is 32.6 Å². The molecular weight excluding hydrogens is 472 g/mol. The van der Waals surface area contributed by atoms with Crippen LogP contribution in [0.25, 0.3) is 11.5 Å². The van der Waals surface area contributed by atoms with Gasteiger partial charge in [0.2, 0.25) is 17.7 Å². The van der Waals surface area contributed by atoms with Gasteiger partial charge in [-0.05, 0) is 32.0 Å². The van der Waals surface area contributed by atoms with Crippen LogP contribution in [0, 0.1) is 0 Å². The molecular formula is C20H17Cl2F3N4O3. The van der Waals surface area contributed by atoms with Crippen LogP contribution in [0.1, 0.15) is 30.1 Å². The molecule has 7 nitrogen and oxygen atoms in total. The van der Waals surface area contributed by atoms with Gasteiger partial charge in [0, 0.05) is 12.2 Å². The fourth-order valence-corrected chi connectivity index (χ4v) is 3.10. The van der Waals surface area contributed by atoms with E-state index in [1.165, 1.54) is 11.0 Å². The summed E-state index contributed by atoms with van der Waals surface area (Å²) in [6.07, 6.45) is -3.45. The Bertz CT molecular complexity index is 1110. The highest BCUT2D eigenvalue weighted by atomic mass is 35.5. The van der Waals surface area contributed by atoms with Crippen molar-refractivity contribution in [3.63, 3.8) is 0 Å². The number of hydrogen-bond donors (Lipinski definition) is 0. The molecule has 0 N–H and O–H groups in total. The van der Waals surface area contributed by atoms with Crippen LogP contribution in [0.5, 0.6) is 5.88 Å². The summed E-state index contributed by atoms with van der Waals surface area (Å²) in [6, 6.07) is 7.86. The molecule has 0 atom stereocenters. The molecule has 0 unspecified atom stereocenters. The summed E-state index contributed by atoms with van der Waals surface area (Å²) in [4.78, 5) is 18.2. The minimum absolute atomic E-state index is 0.0160. The van der Waals surface area contributed by atoms with E-state index in [4.69, 9.17) is 27.6 Å². The van der Waals surface area contributed by atoms with E-state index in [-0.39, 0.29) is 35.0 Å². The molecule has 0 aliphatic carbocycles. The first-order chi connectivity index (χ1) is 15.0. The fourth-order valence-electron chi connectivity index (χ4n) is 2.66. The van der Waals surface area contributed by atoms with Gasteiger partial charge in [0.15, 0.2) is 6.61 Å². The van der Waals surface area contributed by atoms with Crippen LogP contribution < -0.4 is 4.74 Å². The van der Waals surface area contributed by atoms with E-state index in [0.29, 0.717) is 10.6 Å². The zero-order valence-corrected chi connectivity index (χ0v) is 18.4. The zero-order chi connectivity index (χ0) is 23.5. The van der Waals surface area contributed by atoms with Crippen molar-refractivity contribution in [1.82, 2.24) is 20.1 Å². The highest BCUT2D eigenvalue weighted by Gasteiger charge is 2.29. The van der Waals surface area contributed by atoms with Crippen LogP contribution in [0.4, 0.5) is 13.2 Å². The topological polar surface area (TPSA) is 81.4 Å². The molecule has 170 valence electrons. The van der Waals surface area contributed by atoms with Crippen molar-refractivity contribution in [1.29, 1.82) is 0 Å². The predicted molar refractivity (Wildman–Crippen MR) is 111 cm³/mol. The Balaban J connectivity index is 1.77. The first-order valence-corrected chi connectivity index (χ1v) is 10.0. The third-order valence-corrected chi connectivity index (χ3v) is 4.79. The monoisotopic (exact) mass is 488 g/mol. The van der Waals surface area contributed by atoms with Crippen LogP contribution in [0.15, 0.2) is 40.9 Å². The highest BCUT2D eigenvalue weighted by Crippen LogP contribution is 2.28. The molecule has 0 radical (unpaired) electrons. The van der Waals surface area contributed by atoms with E-state index < -0.39 is 24.6 Å². The summed E-state index contributed by atoms with van der Waals surface area (Å²) < 4.78 is 47.2. The van der Waals surface area contributed by atoms with Gasteiger partial charge >= 0.3 is 6.18 Å². The van der Waals surface area contributed by atoms with Crippen molar-refractivity contribution >= 4 is 29.1 Å². The Morgan fingerprint density at radius 1 is 1.19 bits per heavy atom. The standard InChI is InChI=1S/C20H17Cl2F3N4O3/c1-11(2)29(9-16-27-28-17(32-16)13-5-3-4-6-14(13)21)19(30)12-7-15(22)18(26-8-12)31-10-20(23,24)25/h3-8,11H,9-10H2,1-2H3. The fraction of sp³-hybridized carbons (Fsp3) is 0.300. The number of alkyl halides is 3. The largest absolute Gasteiger partial charge is 0.467 e. The lowest BCUT2D eigenvalue weighted by Gasteiger charge is -2.25. The SMILES string of the molecule is CC(C)N(Cc1nnc(-c2ccccc2Cl)o1)C(=O)c1cnc(OCC(F)(F)F)c(Cl)c1. The van der Waals surface area contributed by atoms with Gasteiger partial charge in [0.05, 0.1) is 22.7 Å². The number of carbonyl (C=O) groups is 1. The lowest BCUT2D eigenvalue weighted by Crippen LogP contribution is -2.36. The molecule has 0 saturated heterocycles. The summed E-state index contributed by atoms with van der Waals surface area (Å²) in [5.74, 6) is -0.518. The number of rotatable bonds is 7. The molecule has 0 spiro atoms. The molecule has 1 amide bonds. The third-order valence-electron chi connectivity index (χ3n) is 4.19. The number of halogens is 5. The van der Waals surface area contributed by atoms with Gasteiger partial charge in [0.1, 0.15) is 5.02 Å². The predicted octanol–water partition coefficient (Wildman–Crippen LogP) is 5.43. The molecule has 0 bridgehead atoms. The number of nitrogens with zero attached hydrogens (tertiary/aromatic N) is 4. The summed E-state index contributed by atoms with van der Waals surface area (Å²) in [5.41, 5.74) is 0.620. The number of benzene rings is 1. The third kappa shape index (κ3) is 5.89. The number of ether oxygens (including phenoxy) is 1. The average molecular weight is 489 g/mol. The average Bonchev–Trinajstić information content (AvgIpc) is 3.18. The van der Waals surface area contributed by atoms with Gasteiger partial charge in [-0.3, -0.25) is 4.79 Å². The lowest BCUT2D eigenvalue weighted by molar-refractivity contribution is -0.154.